The predicted octanol–water partition coefficient (Wildman–Crippen LogP) is 4.43. The van der Waals surface area contributed by atoms with Crippen molar-refractivity contribution >= 4 is 17.3 Å². The summed E-state index contributed by atoms with van der Waals surface area (Å²) in [7, 11) is 0. The minimum Gasteiger partial charge on any atom is -0.384 e. The summed E-state index contributed by atoms with van der Waals surface area (Å²) in [6.45, 7) is 0.663. The molecule has 0 aliphatic heterocycles. The zero-order valence-electron chi connectivity index (χ0n) is 12.5. The summed E-state index contributed by atoms with van der Waals surface area (Å²) in [5.41, 5.74) is 3.50. The van der Waals surface area contributed by atoms with Crippen LogP contribution < -0.4 is 5.32 Å². The number of aliphatic hydroxyl groups excluding tert-OH is 1. The standard InChI is InChI=1S/C19H17ClN2O/c20-18-9-8-16(22-13-14-5-4-10-21-12-14)11-17(18)19(23)15-6-2-1-3-7-15/h1-12,19,22-23H,13H2. The van der Waals surface area contributed by atoms with Crippen LogP contribution in [0.5, 0.6) is 0 Å². The van der Waals surface area contributed by atoms with Gasteiger partial charge in [-0.2, -0.15) is 0 Å². The first-order valence-electron chi connectivity index (χ1n) is 7.39. The molecule has 1 heterocycles. The fourth-order valence-corrected chi connectivity index (χ4v) is 2.61. The molecule has 0 amide bonds. The normalized spacial score (nSPS) is 11.9. The highest BCUT2D eigenvalue weighted by atomic mass is 35.5. The summed E-state index contributed by atoms with van der Waals surface area (Å²) in [5, 5.41) is 14.4. The molecule has 0 aliphatic rings. The van der Waals surface area contributed by atoms with Crippen LogP contribution in [0.2, 0.25) is 5.02 Å². The number of aliphatic hydroxyl groups is 1. The summed E-state index contributed by atoms with van der Waals surface area (Å²) in [4.78, 5) is 4.10. The van der Waals surface area contributed by atoms with Gasteiger partial charge in [0.1, 0.15) is 6.10 Å². The fourth-order valence-electron chi connectivity index (χ4n) is 2.38. The SMILES string of the molecule is OC(c1ccccc1)c1cc(NCc2cccnc2)ccc1Cl. The molecule has 116 valence electrons. The number of aromatic nitrogens is 1. The first-order chi connectivity index (χ1) is 11.2. The van der Waals surface area contributed by atoms with E-state index < -0.39 is 6.10 Å². The summed E-state index contributed by atoms with van der Waals surface area (Å²) >= 11 is 6.26. The molecule has 0 radical (unpaired) electrons. The number of halogens is 1. The van der Waals surface area contributed by atoms with Gasteiger partial charge in [0.2, 0.25) is 0 Å². The van der Waals surface area contributed by atoms with E-state index in [0.29, 0.717) is 17.1 Å². The summed E-state index contributed by atoms with van der Waals surface area (Å²) in [6, 6.07) is 19.0. The number of benzene rings is 2. The van der Waals surface area contributed by atoms with Crippen LogP contribution in [0.1, 0.15) is 22.8 Å². The number of anilines is 1. The lowest BCUT2D eigenvalue weighted by Crippen LogP contribution is -2.04. The van der Waals surface area contributed by atoms with Crippen LogP contribution in [0.3, 0.4) is 0 Å². The summed E-state index contributed by atoms with van der Waals surface area (Å²) < 4.78 is 0. The Morgan fingerprint density at radius 2 is 1.87 bits per heavy atom. The molecule has 2 aromatic carbocycles. The minimum atomic E-state index is -0.746. The second-order valence-electron chi connectivity index (χ2n) is 5.26. The van der Waals surface area contributed by atoms with Crippen LogP contribution in [0.25, 0.3) is 0 Å². The summed E-state index contributed by atoms with van der Waals surface area (Å²) in [5.74, 6) is 0. The molecule has 0 saturated heterocycles. The highest BCUT2D eigenvalue weighted by Gasteiger charge is 2.14. The molecule has 3 nitrogen and oxygen atoms in total. The van der Waals surface area contributed by atoms with Crippen molar-refractivity contribution in [1.29, 1.82) is 0 Å². The maximum Gasteiger partial charge on any atom is 0.106 e. The lowest BCUT2D eigenvalue weighted by molar-refractivity contribution is 0.220. The molecule has 0 bridgehead atoms. The number of rotatable bonds is 5. The molecular formula is C19H17ClN2O. The van der Waals surface area contributed by atoms with Gasteiger partial charge < -0.3 is 10.4 Å². The van der Waals surface area contributed by atoms with Gasteiger partial charge >= 0.3 is 0 Å². The van der Waals surface area contributed by atoms with Gasteiger partial charge in [0, 0.05) is 35.2 Å². The van der Waals surface area contributed by atoms with Crippen molar-refractivity contribution in [2.45, 2.75) is 12.6 Å². The van der Waals surface area contributed by atoms with Gasteiger partial charge in [0.25, 0.3) is 0 Å². The average molecular weight is 325 g/mol. The Bertz CT molecular complexity index is 763. The van der Waals surface area contributed by atoms with Crippen molar-refractivity contribution in [2.75, 3.05) is 5.32 Å². The molecule has 1 aromatic heterocycles. The molecule has 0 saturated carbocycles. The highest BCUT2D eigenvalue weighted by Crippen LogP contribution is 2.30. The van der Waals surface area contributed by atoms with Gasteiger partial charge in [-0.25, -0.2) is 0 Å². The number of hydrogen-bond acceptors (Lipinski definition) is 3. The van der Waals surface area contributed by atoms with Gasteiger partial charge in [0.05, 0.1) is 0 Å². The molecule has 1 atom stereocenters. The van der Waals surface area contributed by atoms with E-state index in [-0.39, 0.29) is 0 Å². The van der Waals surface area contributed by atoms with Crippen LogP contribution in [0, 0.1) is 0 Å². The van der Waals surface area contributed by atoms with E-state index in [9.17, 15) is 5.11 Å². The molecule has 0 spiro atoms. The Morgan fingerprint density at radius 1 is 1.04 bits per heavy atom. The van der Waals surface area contributed by atoms with Gasteiger partial charge in [-0.05, 0) is 35.4 Å². The lowest BCUT2D eigenvalue weighted by Gasteiger charge is -2.15. The van der Waals surface area contributed by atoms with E-state index in [1.54, 1.807) is 12.3 Å². The maximum absolute atomic E-state index is 10.6. The lowest BCUT2D eigenvalue weighted by atomic mass is 10.0. The molecular weight excluding hydrogens is 308 g/mol. The molecule has 1 unspecified atom stereocenters. The van der Waals surface area contributed by atoms with Crippen molar-refractivity contribution in [2.24, 2.45) is 0 Å². The average Bonchev–Trinajstić information content (AvgIpc) is 2.62. The third-order valence-electron chi connectivity index (χ3n) is 3.63. The Morgan fingerprint density at radius 3 is 2.61 bits per heavy atom. The maximum atomic E-state index is 10.6. The zero-order valence-corrected chi connectivity index (χ0v) is 13.2. The van der Waals surface area contributed by atoms with Crippen molar-refractivity contribution in [3.05, 3.63) is 94.8 Å². The van der Waals surface area contributed by atoms with Crippen LogP contribution >= 0.6 is 11.6 Å². The molecule has 0 aliphatic carbocycles. The highest BCUT2D eigenvalue weighted by molar-refractivity contribution is 6.31. The largest absolute Gasteiger partial charge is 0.384 e. The second kappa shape index (κ2) is 7.27. The monoisotopic (exact) mass is 324 g/mol. The third kappa shape index (κ3) is 3.89. The third-order valence-corrected chi connectivity index (χ3v) is 3.97. The summed E-state index contributed by atoms with van der Waals surface area (Å²) in [6.07, 6.45) is 2.83. The smallest absolute Gasteiger partial charge is 0.106 e. The quantitative estimate of drug-likeness (QED) is 0.730. The number of nitrogens with one attached hydrogen (secondary N) is 1. The van der Waals surface area contributed by atoms with E-state index in [4.69, 9.17) is 11.6 Å². The molecule has 0 fully saturated rings. The zero-order chi connectivity index (χ0) is 16.1. The molecule has 3 rings (SSSR count). The molecule has 23 heavy (non-hydrogen) atoms. The van der Waals surface area contributed by atoms with E-state index >= 15 is 0 Å². The second-order valence-corrected chi connectivity index (χ2v) is 5.67. The topological polar surface area (TPSA) is 45.1 Å². The Labute approximate surface area is 140 Å². The van der Waals surface area contributed by atoms with E-state index in [1.165, 1.54) is 0 Å². The number of nitrogens with zero attached hydrogens (tertiary/aromatic N) is 1. The van der Waals surface area contributed by atoms with Crippen LogP contribution in [0.4, 0.5) is 5.69 Å². The van der Waals surface area contributed by atoms with Crippen molar-refractivity contribution in [1.82, 2.24) is 4.98 Å². The van der Waals surface area contributed by atoms with Gasteiger partial charge in [-0.1, -0.05) is 48.0 Å². The minimum absolute atomic E-state index is 0.549. The van der Waals surface area contributed by atoms with Crippen LogP contribution in [-0.2, 0) is 6.54 Å². The number of pyridine rings is 1. The Hall–Kier alpha value is -2.36. The molecule has 3 aromatic rings. The van der Waals surface area contributed by atoms with E-state index in [1.807, 2.05) is 60.8 Å². The van der Waals surface area contributed by atoms with Gasteiger partial charge in [-0.3, -0.25) is 4.98 Å². The first-order valence-corrected chi connectivity index (χ1v) is 7.77. The van der Waals surface area contributed by atoms with Crippen molar-refractivity contribution < 1.29 is 5.11 Å². The van der Waals surface area contributed by atoms with E-state index in [0.717, 1.165) is 16.8 Å². The van der Waals surface area contributed by atoms with Crippen molar-refractivity contribution in [3.8, 4) is 0 Å². The van der Waals surface area contributed by atoms with Crippen LogP contribution in [-0.4, -0.2) is 10.1 Å². The Kier molecular flexibility index (Phi) is 4.91. The van der Waals surface area contributed by atoms with E-state index in [2.05, 4.69) is 10.3 Å². The first kappa shape index (κ1) is 15.5. The predicted molar refractivity (Wildman–Crippen MR) is 93.5 cm³/mol. The fraction of sp³-hybridized carbons (Fsp3) is 0.105. The van der Waals surface area contributed by atoms with Crippen molar-refractivity contribution in [3.63, 3.8) is 0 Å². The van der Waals surface area contributed by atoms with Gasteiger partial charge in [0.15, 0.2) is 0 Å². The molecule has 2 N–H and O–H groups in total. The van der Waals surface area contributed by atoms with Crippen LogP contribution in [0.15, 0.2) is 73.1 Å². The molecule has 4 heteroatoms. The van der Waals surface area contributed by atoms with Gasteiger partial charge in [-0.15, -0.1) is 0 Å². The Balaban J connectivity index is 1.79. The number of hydrogen-bond donors (Lipinski definition) is 2.